The summed E-state index contributed by atoms with van der Waals surface area (Å²) in [6.07, 6.45) is 1.29. The summed E-state index contributed by atoms with van der Waals surface area (Å²) in [7, 11) is 0. The standard InChI is InChI=1S/C8H9S/c1-2-4-8-7(3-1)5-6-9-8/h1-4,9H,5-6H2. The molecule has 0 saturated carbocycles. The fourth-order valence-electron chi connectivity index (χ4n) is 1.17. The molecule has 0 atom stereocenters. The Kier molecular flexibility index (Phi) is 1.23. The molecule has 0 saturated heterocycles. The second-order valence-corrected chi connectivity index (χ2v) is 3.51. The number of rotatable bonds is 0. The lowest BCUT2D eigenvalue weighted by Crippen LogP contribution is -1.76. The van der Waals surface area contributed by atoms with Crippen LogP contribution in [0, 0.1) is 0 Å². The summed E-state index contributed by atoms with van der Waals surface area (Å²) in [6, 6.07) is 8.70. The molecule has 0 fully saturated rings. The van der Waals surface area contributed by atoms with E-state index in [-0.39, 0.29) is 0 Å². The van der Waals surface area contributed by atoms with Crippen LogP contribution in [0.2, 0.25) is 0 Å². The lowest BCUT2D eigenvalue weighted by molar-refractivity contribution is 1.15. The quantitative estimate of drug-likeness (QED) is 0.520. The van der Waals surface area contributed by atoms with Crippen molar-refractivity contribution in [2.75, 3.05) is 5.75 Å². The average molecular weight is 137 g/mol. The van der Waals surface area contributed by atoms with E-state index in [1.807, 2.05) is 0 Å². The van der Waals surface area contributed by atoms with E-state index in [1.165, 1.54) is 28.8 Å². The maximum atomic E-state index is 2.23. The molecular weight excluding hydrogens is 128 g/mol. The van der Waals surface area contributed by atoms with Gasteiger partial charge in [-0.1, -0.05) is 18.2 Å². The molecule has 0 aliphatic carbocycles. The van der Waals surface area contributed by atoms with Crippen molar-refractivity contribution in [2.45, 2.75) is 11.3 Å². The molecule has 9 heavy (non-hydrogen) atoms. The molecule has 1 heterocycles. The minimum Gasteiger partial charge on any atom is -0.193 e. The van der Waals surface area contributed by atoms with E-state index in [2.05, 4.69) is 24.3 Å². The van der Waals surface area contributed by atoms with Crippen molar-refractivity contribution in [3.8, 4) is 0 Å². The molecule has 0 bridgehead atoms. The van der Waals surface area contributed by atoms with Crippen molar-refractivity contribution in [1.82, 2.24) is 0 Å². The van der Waals surface area contributed by atoms with Crippen LogP contribution >= 0.6 is 11.8 Å². The zero-order valence-electron chi connectivity index (χ0n) is 5.17. The summed E-state index contributed by atoms with van der Waals surface area (Å²) < 4.78 is 0. The van der Waals surface area contributed by atoms with Crippen LogP contribution in [-0.4, -0.2) is 5.75 Å². The SMILES string of the molecule is c1ccc2c(c1)CC[SH]2. The molecule has 1 aliphatic heterocycles. The van der Waals surface area contributed by atoms with E-state index in [0.717, 1.165) is 0 Å². The predicted octanol–water partition coefficient (Wildman–Crippen LogP) is 2.07. The highest BCUT2D eigenvalue weighted by atomic mass is 32.2. The van der Waals surface area contributed by atoms with Crippen LogP contribution in [-0.2, 0) is 6.42 Å². The van der Waals surface area contributed by atoms with Crippen LogP contribution in [0.4, 0.5) is 0 Å². The van der Waals surface area contributed by atoms with Gasteiger partial charge >= 0.3 is 0 Å². The van der Waals surface area contributed by atoms with Gasteiger partial charge in [-0.25, -0.2) is 0 Å². The van der Waals surface area contributed by atoms with E-state index in [4.69, 9.17) is 0 Å². The second-order valence-electron chi connectivity index (χ2n) is 2.26. The van der Waals surface area contributed by atoms with Gasteiger partial charge in [-0.15, -0.1) is 0 Å². The van der Waals surface area contributed by atoms with Crippen LogP contribution in [0.3, 0.4) is 0 Å². The highest BCUT2D eigenvalue weighted by Gasteiger charge is 2.06. The van der Waals surface area contributed by atoms with Crippen LogP contribution in [0.1, 0.15) is 5.56 Å². The van der Waals surface area contributed by atoms with Crippen molar-refractivity contribution >= 4 is 11.8 Å². The zero-order chi connectivity index (χ0) is 6.10. The van der Waals surface area contributed by atoms with E-state index in [0.29, 0.717) is 0 Å². The van der Waals surface area contributed by atoms with Gasteiger partial charge in [0.25, 0.3) is 0 Å². The Hall–Kier alpha value is -0.430. The summed E-state index contributed by atoms with van der Waals surface area (Å²) in [5.41, 5.74) is 1.55. The van der Waals surface area contributed by atoms with Gasteiger partial charge in [0.05, 0.1) is 0 Å². The van der Waals surface area contributed by atoms with E-state index in [1.54, 1.807) is 5.56 Å². The normalized spacial score (nSPS) is 15.6. The largest absolute Gasteiger partial charge is 0.193 e. The van der Waals surface area contributed by atoms with Gasteiger partial charge in [-0.2, -0.15) is 11.8 Å². The molecule has 0 amide bonds. The Morgan fingerprint density at radius 3 is 3.00 bits per heavy atom. The first kappa shape index (κ1) is 5.36. The smallest absolute Gasteiger partial charge is 0.00173 e. The molecule has 1 heteroatoms. The lowest BCUT2D eigenvalue weighted by Gasteiger charge is -1.93. The van der Waals surface area contributed by atoms with Crippen molar-refractivity contribution in [2.24, 2.45) is 0 Å². The average Bonchev–Trinajstić information content (AvgIpc) is 2.33. The molecular formula is C8H9S. The number of hydrogen-bond acceptors (Lipinski definition) is 0. The minimum absolute atomic E-state index is 1.29. The first-order valence-corrected chi connectivity index (χ1v) is 4.30. The van der Waals surface area contributed by atoms with Gasteiger partial charge in [0, 0.05) is 0 Å². The third kappa shape index (κ3) is 0.855. The van der Waals surface area contributed by atoms with Crippen LogP contribution in [0.25, 0.3) is 0 Å². The topological polar surface area (TPSA) is 0 Å². The van der Waals surface area contributed by atoms with E-state index >= 15 is 0 Å². The van der Waals surface area contributed by atoms with Crippen molar-refractivity contribution in [1.29, 1.82) is 0 Å². The second kappa shape index (κ2) is 2.07. The molecule has 1 aromatic rings. The van der Waals surface area contributed by atoms with Gasteiger partial charge in [-0.3, -0.25) is 0 Å². The summed E-state index contributed by atoms with van der Waals surface area (Å²) in [5.74, 6) is 1.33. The number of thiol groups is 1. The van der Waals surface area contributed by atoms with Gasteiger partial charge < -0.3 is 0 Å². The first-order valence-electron chi connectivity index (χ1n) is 3.22. The highest BCUT2D eigenvalue weighted by Crippen LogP contribution is 2.30. The van der Waals surface area contributed by atoms with Crippen LogP contribution in [0.15, 0.2) is 29.2 Å². The molecule has 2 rings (SSSR count). The number of aryl methyl sites for hydroxylation is 1. The molecule has 0 nitrogen and oxygen atoms in total. The predicted molar refractivity (Wildman–Crippen MR) is 42.3 cm³/mol. The third-order valence-electron chi connectivity index (χ3n) is 1.65. The highest BCUT2D eigenvalue weighted by molar-refractivity contribution is 7.99. The molecule has 1 aliphatic rings. The summed E-state index contributed by atoms with van der Waals surface area (Å²) in [4.78, 5) is 1.54. The maximum absolute atomic E-state index is 2.23. The van der Waals surface area contributed by atoms with Gasteiger partial charge in [0.15, 0.2) is 0 Å². The zero-order valence-corrected chi connectivity index (χ0v) is 6.07. The van der Waals surface area contributed by atoms with Gasteiger partial charge in [0.1, 0.15) is 0 Å². The number of fused-ring (bicyclic) bond motifs is 1. The molecule has 1 aromatic carbocycles. The summed E-state index contributed by atoms with van der Waals surface area (Å²) >= 11 is 1.52. The Morgan fingerprint density at radius 1 is 1.22 bits per heavy atom. The molecule has 0 spiro atoms. The Balaban J connectivity index is 2.54. The molecule has 1 radical (unpaired) electrons. The van der Waals surface area contributed by atoms with E-state index < -0.39 is 0 Å². The fourth-order valence-corrected chi connectivity index (χ4v) is 2.35. The Bertz CT molecular complexity index is 195. The van der Waals surface area contributed by atoms with Gasteiger partial charge in [0.2, 0.25) is 0 Å². The van der Waals surface area contributed by atoms with Crippen molar-refractivity contribution < 1.29 is 0 Å². The molecule has 0 aromatic heterocycles. The number of hydrogen-bond donors (Lipinski definition) is 1. The van der Waals surface area contributed by atoms with Crippen molar-refractivity contribution in [3.63, 3.8) is 0 Å². The third-order valence-corrected chi connectivity index (χ3v) is 2.88. The molecule has 0 N–H and O–H groups in total. The fraction of sp³-hybridized carbons (Fsp3) is 0.250. The Labute approximate surface area is 59.3 Å². The van der Waals surface area contributed by atoms with Gasteiger partial charge in [-0.05, 0) is 28.7 Å². The maximum Gasteiger partial charge on any atom is -0.00173 e. The first-order chi connectivity index (χ1) is 4.47. The molecule has 47 valence electrons. The number of benzene rings is 1. The minimum atomic E-state index is 1.29. The lowest BCUT2D eigenvalue weighted by atomic mass is 10.2. The van der Waals surface area contributed by atoms with E-state index in [9.17, 15) is 0 Å². The summed E-state index contributed by atoms with van der Waals surface area (Å²) in [5, 5.41) is 0. The van der Waals surface area contributed by atoms with Crippen LogP contribution in [0.5, 0.6) is 0 Å². The Morgan fingerprint density at radius 2 is 2.11 bits per heavy atom. The monoisotopic (exact) mass is 137 g/mol. The van der Waals surface area contributed by atoms with Crippen LogP contribution < -0.4 is 0 Å². The van der Waals surface area contributed by atoms with Crippen molar-refractivity contribution in [3.05, 3.63) is 29.8 Å². The molecule has 0 unspecified atom stereocenters. The summed E-state index contributed by atoms with van der Waals surface area (Å²) in [6.45, 7) is 0.